The lowest BCUT2D eigenvalue weighted by Gasteiger charge is -1.96. The smallest absolute Gasteiger partial charge is 0.178 e. The number of halogens is 2. The van der Waals surface area contributed by atoms with Crippen molar-refractivity contribution in [1.29, 1.82) is 0 Å². The van der Waals surface area contributed by atoms with Gasteiger partial charge in [-0.3, -0.25) is 9.97 Å². The second-order valence-corrected chi connectivity index (χ2v) is 4.88. The lowest BCUT2D eigenvalue weighted by molar-refractivity contribution is 0.520. The van der Waals surface area contributed by atoms with Crippen molar-refractivity contribution in [1.82, 2.24) is 9.97 Å². The predicted molar refractivity (Wildman–Crippen MR) is 70.7 cm³/mol. The Morgan fingerprint density at radius 3 is 1.42 bits per heavy atom. The van der Waals surface area contributed by atoms with E-state index in [0.717, 1.165) is 11.3 Å². The topological polar surface area (TPSA) is 25.8 Å². The Morgan fingerprint density at radius 2 is 1.05 bits per heavy atom. The van der Waals surface area contributed by atoms with Crippen molar-refractivity contribution < 1.29 is 8.78 Å². The lowest BCUT2D eigenvalue weighted by Crippen LogP contribution is -1.82. The van der Waals surface area contributed by atoms with Gasteiger partial charge in [-0.2, -0.15) is 0 Å². The number of pyridine rings is 2. The summed E-state index contributed by atoms with van der Waals surface area (Å²) in [6.45, 7) is 0. The number of hydrogen-bond donors (Lipinski definition) is 0. The zero-order chi connectivity index (χ0) is 13.2. The molecule has 0 bridgehead atoms. The molecule has 2 nitrogen and oxygen atoms in total. The van der Waals surface area contributed by atoms with Gasteiger partial charge in [0.2, 0.25) is 0 Å². The van der Waals surface area contributed by atoms with E-state index in [1.807, 2.05) is 0 Å². The van der Waals surface area contributed by atoms with Gasteiger partial charge in [-0.05, 0) is 35.4 Å². The minimum Gasteiger partial charge on any atom is -0.265 e. The standard InChI is InChI=1S/C14H8F2N2S/c15-11-12(16)14(10-3-7-18-8-4-10)19-13(11)9-1-5-17-6-2-9/h1-8H. The first-order chi connectivity index (χ1) is 9.27. The van der Waals surface area contributed by atoms with E-state index in [2.05, 4.69) is 9.97 Å². The lowest BCUT2D eigenvalue weighted by atomic mass is 10.2. The van der Waals surface area contributed by atoms with Gasteiger partial charge in [-0.1, -0.05) is 0 Å². The third-order valence-corrected chi connectivity index (χ3v) is 3.92. The highest BCUT2D eigenvalue weighted by molar-refractivity contribution is 7.18. The van der Waals surface area contributed by atoms with Crippen LogP contribution in [0.15, 0.2) is 49.1 Å². The van der Waals surface area contributed by atoms with Crippen molar-refractivity contribution >= 4 is 11.3 Å². The highest BCUT2D eigenvalue weighted by Crippen LogP contribution is 2.39. The van der Waals surface area contributed by atoms with E-state index in [1.165, 1.54) is 0 Å². The average Bonchev–Trinajstić information content (AvgIpc) is 2.77. The first-order valence-electron chi connectivity index (χ1n) is 5.56. The van der Waals surface area contributed by atoms with Crippen LogP contribution in [0.1, 0.15) is 0 Å². The summed E-state index contributed by atoms with van der Waals surface area (Å²) in [5, 5.41) is 0. The summed E-state index contributed by atoms with van der Waals surface area (Å²) in [6, 6.07) is 6.63. The highest BCUT2D eigenvalue weighted by atomic mass is 32.1. The van der Waals surface area contributed by atoms with E-state index in [0.29, 0.717) is 11.1 Å². The molecule has 19 heavy (non-hydrogen) atoms. The molecule has 0 atom stereocenters. The summed E-state index contributed by atoms with van der Waals surface area (Å²) in [5.41, 5.74) is 1.24. The molecule has 0 aromatic carbocycles. The summed E-state index contributed by atoms with van der Waals surface area (Å²) in [6.07, 6.45) is 6.22. The van der Waals surface area contributed by atoms with Crippen LogP contribution in [0, 0.1) is 11.6 Å². The van der Waals surface area contributed by atoms with Crippen LogP contribution in [-0.2, 0) is 0 Å². The van der Waals surface area contributed by atoms with Crippen molar-refractivity contribution in [3.8, 4) is 20.9 Å². The second-order valence-electron chi connectivity index (χ2n) is 3.86. The molecule has 5 heteroatoms. The summed E-state index contributed by atoms with van der Waals surface area (Å²) >= 11 is 1.09. The quantitative estimate of drug-likeness (QED) is 0.701. The van der Waals surface area contributed by atoms with Crippen LogP contribution in [0.25, 0.3) is 20.9 Å². The van der Waals surface area contributed by atoms with Gasteiger partial charge >= 0.3 is 0 Å². The highest BCUT2D eigenvalue weighted by Gasteiger charge is 2.20. The van der Waals surface area contributed by atoms with E-state index < -0.39 is 11.6 Å². The molecule has 94 valence electrons. The summed E-state index contributed by atoms with van der Waals surface area (Å²) < 4.78 is 28.0. The van der Waals surface area contributed by atoms with E-state index in [9.17, 15) is 8.78 Å². The molecule has 3 aromatic rings. The fourth-order valence-electron chi connectivity index (χ4n) is 1.77. The molecule has 0 saturated heterocycles. The van der Waals surface area contributed by atoms with Gasteiger partial charge in [0.15, 0.2) is 11.6 Å². The Bertz CT molecular complexity index is 636. The molecule has 0 aliphatic carbocycles. The van der Waals surface area contributed by atoms with Gasteiger partial charge < -0.3 is 0 Å². The Balaban J connectivity index is 2.16. The predicted octanol–water partition coefficient (Wildman–Crippen LogP) is 4.15. The molecule has 0 aliphatic heterocycles. The van der Waals surface area contributed by atoms with Crippen molar-refractivity contribution in [2.24, 2.45) is 0 Å². The van der Waals surface area contributed by atoms with Crippen LogP contribution >= 0.6 is 11.3 Å². The van der Waals surface area contributed by atoms with Crippen molar-refractivity contribution in [2.75, 3.05) is 0 Å². The molecule has 3 rings (SSSR count). The van der Waals surface area contributed by atoms with Crippen molar-refractivity contribution in [3.05, 3.63) is 60.7 Å². The third-order valence-electron chi connectivity index (χ3n) is 2.68. The zero-order valence-corrected chi connectivity index (χ0v) is 10.5. The summed E-state index contributed by atoms with van der Waals surface area (Å²) in [4.78, 5) is 8.30. The SMILES string of the molecule is Fc1c(-c2ccncc2)sc(-c2ccncc2)c1F. The van der Waals surface area contributed by atoms with Crippen LogP contribution in [-0.4, -0.2) is 9.97 Å². The van der Waals surface area contributed by atoms with Crippen LogP contribution in [0.5, 0.6) is 0 Å². The normalized spacial score (nSPS) is 10.6. The molecule has 0 radical (unpaired) electrons. The van der Waals surface area contributed by atoms with Gasteiger partial charge in [0.05, 0.1) is 9.75 Å². The molecular formula is C14H8F2N2S. The Morgan fingerprint density at radius 1 is 0.684 bits per heavy atom. The van der Waals surface area contributed by atoms with Crippen LogP contribution < -0.4 is 0 Å². The second kappa shape index (κ2) is 4.85. The monoisotopic (exact) mass is 274 g/mol. The Kier molecular flexibility index (Phi) is 3.05. The molecule has 0 N–H and O–H groups in total. The average molecular weight is 274 g/mol. The fraction of sp³-hybridized carbons (Fsp3) is 0. The Hall–Kier alpha value is -2.14. The molecule has 0 saturated carbocycles. The van der Waals surface area contributed by atoms with Gasteiger partial charge in [0, 0.05) is 24.8 Å². The maximum absolute atomic E-state index is 14.0. The number of nitrogens with zero attached hydrogens (tertiary/aromatic N) is 2. The maximum atomic E-state index is 14.0. The van der Waals surface area contributed by atoms with E-state index in [-0.39, 0.29) is 9.75 Å². The first kappa shape index (κ1) is 11.9. The molecule has 3 aromatic heterocycles. The minimum absolute atomic E-state index is 0.284. The number of aromatic nitrogens is 2. The largest absolute Gasteiger partial charge is 0.265 e. The molecule has 0 aliphatic rings. The molecule has 0 amide bonds. The van der Waals surface area contributed by atoms with Gasteiger partial charge in [-0.25, -0.2) is 8.78 Å². The molecule has 0 spiro atoms. The molecule has 0 unspecified atom stereocenters. The summed E-state index contributed by atoms with van der Waals surface area (Å²) in [5.74, 6) is -1.63. The van der Waals surface area contributed by atoms with Crippen molar-refractivity contribution in [2.45, 2.75) is 0 Å². The third kappa shape index (κ3) is 2.13. The van der Waals surface area contributed by atoms with Crippen molar-refractivity contribution in [3.63, 3.8) is 0 Å². The molecule has 3 heterocycles. The molecular weight excluding hydrogens is 266 g/mol. The van der Waals surface area contributed by atoms with E-state index in [4.69, 9.17) is 0 Å². The van der Waals surface area contributed by atoms with Crippen LogP contribution in [0.4, 0.5) is 8.78 Å². The molecule has 0 fully saturated rings. The summed E-state index contributed by atoms with van der Waals surface area (Å²) in [7, 11) is 0. The van der Waals surface area contributed by atoms with E-state index >= 15 is 0 Å². The minimum atomic E-state index is -0.817. The zero-order valence-electron chi connectivity index (χ0n) is 9.68. The first-order valence-corrected chi connectivity index (χ1v) is 6.37. The number of rotatable bonds is 2. The van der Waals surface area contributed by atoms with Crippen LogP contribution in [0.2, 0.25) is 0 Å². The number of thiophene rings is 1. The maximum Gasteiger partial charge on any atom is 0.178 e. The number of hydrogen-bond acceptors (Lipinski definition) is 3. The van der Waals surface area contributed by atoms with Gasteiger partial charge in [0.25, 0.3) is 0 Å². The van der Waals surface area contributed by atoms with E-state index in [1.54, 1.807) is 49.1 Å². The fourth-order valence-corrected chi connectivity index (χ4v) is 2.84. The van der Waals surface area contributed by atoms with Gasteiger partial charge in [-0.15, -0.1) is 11.3 Å². The van der Waals surface area contributed by atoms with Gasteiger partial charge in [0.1, 0.15) is 0 Å². The Labute approximate surface area is 112 Å². The van der Waals surface area contributed by atoms with Crippen LogP contribution in [0.3, 0.4) is 0 Å².